The van der Waals surface area contributed by atoms with Crippen LogP contribution < -0.4 is 0 Å². The molecule has 0 aliphatic rings. The summed E-state index contributed by atoms with van der Waals surface area (Å²) in [6.07, 6.45) is -2.74. The summed E-state index contributed by atoms with van der Waals surface area (Å²) in [5, 5.41) is 29.6. The molecule has 0 aromatic heterocycles. The first-order valence-electron chi connectivity index (χ1n) is 4.34. The van der Waals surface area contributed by atoms with Crippen LogP contribution in [0.15, 0.2) is 18.2 Å². The lowest BCUT2D eigenvalue weighted by Crippen LogP contribution is -2.20. The summed E-state index contributed by atoms with van der Waals surface area (Å²) in [4.78, 5) is 9.70. The summed E-state index contributed by atoms with van der Waals surface area (Å²) in [5.41, 5.74) is -1.05. The SMILES string of the molecule is O=[N+]([O-])c1c(F)cccc1C(O)C(O)CBr. The van der Waals surface area contributed by atoms with Crippen molar-refractivity contribution in [3.63, 3.8) is 0 Å². The van der Waals surface area contributed by atoms with Crippen molar-refractivity contribution in [2.75, 3.05) is 5.33 Å². The van der Waals surface area contributed by atoms with E-state index in [2.05, 4.69) is 15.9 Å². The fourth-order valence-corrected chi connectivity index (χ4v) is 1.61. The molecule has 2 unspecified atom stereocenters. The predicted molar refractivity (Wildman–Crippen MR) is 57.8 cm³/mol. The average molecular weight is 294 g/mol. The number of nitro benzene ring substituents is 1. The lowest BCUT2D eigenvalue weighted by Gasteiger charge is -2.15. The molecule has 0 saturated carbocycles. The van der Waals surface area contributed by atoms with Crippen molar-refractivity contribution in [1.29, 1.82) is 0 Å². The number of halogens is 2. The van der Waals surface area contributed by atoms with Gasteiger partial charge >= 0.3 is 5.69 Å². The zero-order chi connectivity index (χ0) is 12.3. The molecule has 2 N–H and O–H groups in total. The van der Waals surface area contributed by atoms with Crippen molar-refractivity contribution in [3.8, 4) is 0 Å². The van der Waals surface area contributed by atoms with Gasteiger partial charge in [0, 0.05) is 5.33 Å². The highest BCUT2D eigenvalue weighted by atomic mass is 79.9. The van der Waals surface area contributed by atoms with Gasteiger partial charge in [-0.3, -0.25) is 10.1 Å². The molecule has 16 heavy (non-hydrogen) atoms. The molecule has 2 atom stereocenters. The van der Waals surface area contributed by atoms with E-state index in [0.29, 0.717) is 0 Å². The molecule has 0 amide bonds. The fourth-order valence-electron chi connectivity index (χ4n) is 1.25. The number of para-hydroxylation sites is 1. The molecule has 7 heteroatoms. The van der Waals surface area contributed by atoms with E-state index in [-0.39, 0.29) is 10.9 Å². The normalized spacial score (nSPS) is 14.5. The molecule has 0 aliphatic carbocycles. The fraction of sp³-hybridized carbons (Fsp3) is 0.333. The second-order valence-electron chi connectivity index (χ2n) is 3.10. The van der Waals surface area contributed by atoms with Crippen molar-refractivity contribution >= 4 is 21.6 Å². The van der Waals surface area contributed by atoms with Crippen LogP contribution in [0, 0.1) is 15.9 Å². The summed E-state index contributed by atoms with van der Waals surface area (Å²) in [5.74, 6) is -1.04. The Morgan fingerprint density at radius 2 is 2.12 bits per heavy atom. The quantitative estimate of drug-likeness (QED) is 0.501. The second kappa shape index (κ2) is 5.33. The van der Waals surface area contributed by atoms with Crippen LogP contribution in [-0.2, 0) is 0 Å². The number of alkyl halides is 1. The number of benzene rings is 1. The minimum absolute atomic E-state index is 0.0296. The Hall–Kier alpha value is -1.05. The lowest BCUT2D eigenvalue weighted by atomic mass is 10.0. The smallest absolute Gasteiger partial charge is 0.310 e. The number of nitro groups is 1. The molecular weight excluding hydrogens is 285 g/mol. The average Bonchev–Trinajstić information content (AvgIpc) is 2.26. The molecule has 0 spiro atoms. The first kappa shape index (κ1) is 13.0. The first-order chi connectivity index (χ1) is 7.49. The molecule has 1 aromatic carbocycles. The molecule has 0 saturated heterocycles. The summed E-state index contributed by atoms with van der Waals surface area (Å²) < 4.78 is 13.2. The Kier molecular flexibility index (Phi) is 4.34. The van der Waals surface area contributed by atoms with Gasteiger partial charge in [-0.2, -0.15) is 4.39 Å². The highest BCUT2D eigenvalue weighted by Crippen LogP contribution is 2.29. The van der Waals surface area contributed by atoms with Crippen LogP contribution in [0.3, 0.4) is 0 Å². The molecule has 5 nitrogen and oxygen atoms in total. The van der Waals surface area contributed by atoms with E-state index < -0.39 is 28.6 Å². The van der Waals surface area contributed by atoms with Gasteiger partial charge in [0.05, 0.1) is 16.6 Å². The summed E-state index contributed by atoms with van der Waals surface area (Å²) in [6.45, 7) is 0. The Bertz CT molecular complexity index is 401. The number of nitrogens with zero attached hydrogens (tertiary/aromatic N) is 1. The molecule has 0 fully saturated rings. The summed E-state index contributed by atoms with van der Waals surface area (Å²) >= 11 is 2.92. The molecule has 1 aromatic rings. The van der Waals surface area contributed by atoms with Gasteiger partial charge in [-0.1, -0.05) is 22.0 Å². The van der Waals surface area contributed by atoms with Gasteiger partial charge in [0.25, 0.3) is 0 Å². The van der Waals surface area contributed by atoms with E-state index in [1.807, 2.05) is 0 Å². The van der Waals surface area contributed by atoms with Crippen LogP contribution in [0.1, 0.15) is 11.7 Å². The third-order valence-corrected chi connectivity index (χ3v) is 2.71. The first-order valence-corrected chi connectivity index (χ1v) is 5.46. The van der Waals surface area contributed by atoms with E-state index in [1.54, 1.807) is 0 Å². The van der Waals surface area contributed by atoms with E-state index in [4.69, 9.17) is 0 Å². The number of aliphatic hydroxyl groups excluding tert-OH is 2. The van der Waals surface area contributed by atoms with Crippen LogP contribution in [0.4, 0.5) is 10.1 Å². The van der Waals surface area contributed by atoms with Gasteiger partial charge < -0.3 is 10.2 Å². The van der Waals surface area contributed by atoms with E-state index in [9.17, 15) is 24.7 Å². The second-order valence-corrected chi connectivity index (χ2v) is 3.75. The Balaban J connectivity index is 3.22. The standard InChI is InChI=1S/C9H9BrFNO4/c10-4-7(13)9(14)5-2-1-3-6(11)8(5)12(15)16/h1-3,7,9,13-14H,4H2. The van der Waals surface area contributed by atoms with E-state index in [1.165, 1.54) is 12.1 Å². The van der Waals surface area contributed by atoms with Crippen LogP contribution in [-0.4, -0.2) is 26.6 Å². The zero-order valence-corrected chi connectivity index (χ0v) is 9.59. The Morgan fingerprint density at radius 1 is 1.50 bits per heavy atom. The molecule has 0 heterocycles. The number of hydrogen-bond donors (Lipinski definition) is 2. The largest absolute Gasteiger partial charge is 0.389 e. The Morgan fingerprint density at radius 3 is 2.62 bits per heavy atom. The summed E-state index contributed by atoms with van der Waals surface area (Å²) in [6, 6.07) is 3.37. The monoisotopic (exact) mass is 293 g/mol. The predicted octanol–water partition coefficient (Wildman–Crippen LogP) is 1.52. The van der Waals surface area contributed by atoms with Gasteiger partial charge in [-0.25, -0.2) is 0 Å². The number of hydrogen-bond acceptors (Lipinski definition) is 4. The summed E-state index contributed by atoms with van der Waals surface area (Å²) in [7, 11) is 0. The van der Waals surface area contributed by atoms with Crippen LogP contribution in [0.5, 0.6) is 0 Å². The molecular formula is C9H9BrFNO4. The highest BCUT2D eigenvalue weighted by Gasteiger charge is 2.28. The van der Waals surface area contributed by atoms with Gasteiger partial charge in [0.1, 0.15) is 6.10 Å². The van der Waals surface area contributed by atoms with E-state index in [0.717, 1.165) is 6.07 Å². The number of rotatable bonds is 4. The van der Waals surface area contributed by atoms with Gasteiger partial charge in [-0.15, -0.1) is 0 Å². The minimum Gasteiger partial charge on any atom is -0.389 e. The molecule has 0 radical (unpaired) electrons. The number of aliphatic hydroxyl groups is 2. The maximum Gasteiger partial charge on any atom is 0.310 e. The van der Waals surface area contributed by atoms with Crippen molar-refractivity contribution in [2.24, 2.45) is 0 Å². The molecule has 0 aliphatic heterocycles. The molecule has 88 valence electrons. The topological polar surface area (TPSA) is 83.6 Å². The van der Waals surface area contributed by atoms with Gasteiger partial charge in [0.2, 0.25) is 5.82 Å². The van der Waals surface area contributed by atoms with Crippen LogP contribution in [0.25, 0.3) is 0 Å². The zero-order valence-electron chi connectivity index (χ0n) is 8.01. The third-order valence-electron chi connectivity index (χ3n) is 2.04. The molecule has 1 rings (SSSR count). The van der Waals surface area contributed by atoms with Crippen molar-refractivity contribution < 1.29 is 19.5 Å². The van der Waals surface area contributed by atoms with Gasteiger partial charge in [-0.05, 0) is 12.1 Å². The third kappa shape index (κ3) is 2.55. The van der Waals surface area contributed by atoms with Crippen LogP contribution in [0.2, 0.25) is 0 Å². The minimum atomic E-state index is -1.50. The van der Waals surface area contributed by atoms with Crippen molar-refractivity contribution in [2.45, 2.75) is 12.2 Å². The maximum atomic E-state index is 13.2. The highest BCUT2D eigenvalue weighted by molar-refractivity contribution is 9.09. The van der Waals surface area contributed by atoms with Gasteiger partial charge in [0.15, 0.2) is 0 Å². The lowest BCUT2D eigenvalue weighted by molar-refractivity contribution is -0.389. The van der Waals surface area contributed by atoms with Crippen molar-refractivity contribution in [3.05, 3.63) is 39.7 Å². The van der Waals surface area contributed by atoms with E-state index >= 15 is 0 Å². The molecule has 0 bridgehead atoms. The van der Waals surface area contributed by atoms with Crippen molar-refractivity contribution in [1.82, 2.24) is 0 Å². The van der Waals surface area contributed by atoms with Crippen LogP contribution >= 0.6 is 15.9 Å². The Labute approximate surface area is 98.8 Å². The maximum absolute atomic E-state index is 13.2.